The molecule has 11 heteroatoms. The Morgan fingerprint density at radius 1 is 1.16 bits per heavy atom. The molecule has 2 fully saturated rings. The molecule has 0 amide bonds. The number of aliphatic hydroxyl groups is 1. The van der Waals surface area contributed by atoms with E-state index >= 15 is 0 Å². The third kappa shape index (κ3) is 4.67. The highest BCUT2D eigenvalue weighted by atomic mass is 32.2. The summed E-state index contributed by atoms with van der Waals surface area (Å²) < 4.78 is 67.3. The fourth-order valence-electron chi connectivity index (χ4n) is 3.83. The third-order valence-corrected chi connectivity index (χ3v) is 9.31. The standard InChI is InChI=1S/C21H26F3N3O3S2/c1-20(28,21(22,23)24)15-4-8-17(9-5-15)27-11-10-26(14-18(27)13-25-16-6-7-16)32(29,30)19-3-2-12-31-19/h2-5,8-9,12,16,18,25,28H,6-7,10-11,13-14H2,1H3. The molecule has 1 aromatic heterocycles. The van der Waals surface area contributed by atoms with Crippen molar-refractivity contribution in [2.24, 2.45) is 0 Å². The smallest absolute Gasteiger partial charge is 0.376 e. The average Bonchev–Trinajstić information content (AvgIpc) is 3.40. The zero-order chi connectivity index (χ0) is 23.1. The van der Waals surface area contributed by atoms with Crippen LogP contribution in [0.3, 0.4) is 0 Å². The van der Waals surface area contributed by atoms with Crippen molar-refractivity contribution < 1.29 is 26.7 Å². The summed E-state index contributed by atoms with van der Waals surface area (Å²) in [6.07, 6.45) is -2.61. The van der Waals surface area contributed by atoms with Crippen molar-refractivity contribution in [1.82, 2.24) is 9.62 Å². The van der Waals surface area contributed by atoms with Crippen LogP contribution in [0.1, 0.15) is 25.3 Å². The monoisotopic (exact) mass is 489 g/mol. The van der Waals surface area contributed by atoms with Crippen LogP contribution in [0, 0.1) is 0 Å². The molecule has 1 aliphatic heterocycles. The molecule has 2 aliphatic rings. The molecular formula is C21H26F3N3O3S2. The van der Waals surface area contributed by atoms with E-state index in [4.69, 9.17) is 0 Å². The lowest BCUT2D eigenvalue weighted by Crippen LogP contribution is -2.58. The third-order valence-electron chi connectivity index (χ3n) is 6.07. The molecule has 0 bridgehead atoms. The first-order valence-corrected chi connectivity index (χ1v) is 12.8. The lowest BCUT2D eigenvalue weighted by Gasteiger charge is -2.42. The summed E-state index contributed by atoms with van der Waals surface area (Å²) in [5, 5.41) is 15.1. The summed E-state index contributed by atoms with van der Waals surface area (Å²) in [6, 6.07) is 9.24. The number of benzene rings is 1. The van der Waals surface area contributed by atoms with Gasteiger partial charge in [-0.2, -0.15) is 17.5 Å². The van der Waals surface area contributed by atoms with Crippen LogP contribution < -0.4 is 10.2 Å². The number of halogens is 3. The van der Waals surface area contributed by atoms with E-state index in [1.54, 1.807) is 29.6 Å². The van der Waals surface area contributed by atoms with Crippen molar-refractivity contribution >= 4 is 27.0 Å². The van der Waals surface area contributed by atoms with E-state index < -0.39 is 21.8 Å². The average molecular weight is 490 g/mol. The molecule has 0 spiro atoms. The molecule has 2 atom stereocenters. The molecule has 1 aromatic carbocycles. The highest BCUT2D eigenvalue weighted by Gasteiger charge is 2.51. The zero-order valence-corrected chi connectivity index (χ0v) is 19.2. The van der Waals surface area contributed by atoms with Gasteiger partial charge in [0.15, 0.2) is 5.60 Å². The predicted molar refractivity (Wildman–Crippen MR) is 117 cm³/mol. The summed E-state index contributed by atoms with van der Waals surface area (Å²) in [5.41, 5.74) is -2.48. The van der Waals surface area contributed by atoms with Crippen molar-refractivity contribution in [2.75, 3.05) is 31.1 Å². The van der Waals surface area contributed by atoms with Gasteiger partial charge in [-0.3, -0.25) is 0 Å². The van der Waals surface area contributed by atoms with Crippen molar-refractivity contribution in [3.63, 3.8) is 0 Å². The molecule has 1 aliphatic carbocycles. The number of nitrogens with zero attached hydrogens (tertiary/aromatic N) is 2. The van der Waals surface area contributed by atoms with E-state index in [1.165, 1.54) is 27.8 Å². The van der Waals surface area contributed by atoms with Gasteiger partial charge >= 0.3 is 6.18 Å². The van der Waals surface area contributed by atoms with Crippen LogP contribution in [-0.4, -0.2) is 62.3 Å². The van der Waals surface area contributed by atoms with E-state index in [0.717, 1.165) is 19.8 Å². The molecule has 2 N–H and O–H groups in total. The molecule has 2 aromatic rings. The van der Waals surface area contributed by atoms with Crippen molar-refractivity contribution in [1.29, 1.82) is 0 Å². The normalized spacial score (nSPS) is 22.7. The number of piperazine rings is 1. The van der Waals surface area contributed by atoms with Gasteiger partial charge in [0.25, 0.3) is 10.0 Å². The zero-order valence-electron chi connectivity index (χ0n) is 17.5. The molecule has 2 heterocycles. The quantitative estimate of drug-likeness (QED) is 0.625. The molecule has 4 rings (SSSR count). The molecule has 0 radical (unpaired) electrons. The van der Waals surface area contributed by atoms with Crippen LogP contribution in [0.25, 0.3) is 0 Å². The predicted octanol–water partition coefficient (Wildman–Crippen LogP) is 3.15. The van der Waals surface area contributed by atoms with E-state index in [-0.39, 0.29) is 24.7 Å². The summed E-state index contributed by atoms with van der Waals surface area (Å²) in [4.78, 5) is 2.03. The van der Waals surface area contributed by atoms with Crippen LogP contribution in [0.5, 0.6) is 0 Å². The van der Waals surface area contributed by atoms with Crippen molar-refractivity contribution in [3.05, 3.63) is 47.3 Å². The Morgan fingerprint density at radius 3 is 2.41 bits per heavy atom. The Hall–Kier alpha value is -1.66. The lowest BCUT2D eigenvalue weighted by atomic mass is 9.95. The number of thiophene rings is 1. The number of hydrogen-bond donors (Lipinski definition) is 2. The van der Waals surface area contributed by atoms with Gasteiger partial charge in [-0.05, 0) is 48.9 Å². The maximum atomic E-state index is 13.2. The second-order valence-corrected chi connectivity index (χ2v) is 11.6. The summed E-state index contributed by atoms with van der Waals surface area (Å²) in [7, 11) is -3.58. The van der Waals surface area contributed by atoms with Crippen LogP contribution in [0.4, 0.5) is 18.9 Å². The highest BCUT2D eigenvalue weighted by molar-refractivity contribution is 7.91. The van der Waals surface area contributed by atoms with Gasteiger partial charge in [0.2, 0.25) is 0 Å². The molecular weight excluding hydrogens is 463 g/mol. The molecule has 1 saturated heterocycles. The number of alkyl halides is 3. The highest BCUT2D eigenvalue weighted by Crippen LogP contribution is 2.39. The second kappa shape index (κ2) is 8.60. The van der Waals surface area contributed by atoms with Gasteiger partial charge in [0, 0.05) is 37.9 Å². The Morgan fingerprint density at radius 2 is 1.84 bits per heavy atom. The summed E-state index contributed by atoms with van der Waals surface area (Å²) in [5.74, 6) is 0. The van der Waals surface area contributed by atoms with Gasteiger partial charge in [0.05, 0.1) is 6.04 Å². The van der Waals surface area contributed by atoms with Crippen molar-refractivity contribution in [2.45, 2.75) is 47.8 Å². The maximum Gasteiger partial charge on any atom is 0.421 e. The van der Waals surface area contributed by atoms with Gasteiger partial charge in [-0.1, -0.05) is 18.2 Å². The molecule has 6 nitrogen and oxygen atoms in total. The van der Waals surface area contributed by atoms with Gasteiger partial charge < -0.3 is 15.3 Å². The topological polar surface area (TPSA) is 72.9 Å². The Bertz CT molecular complexity index is 1020. The Labute approximate surface area is 189 Å². The minimum atomic E-state index is -4.78. The van der Waals surface area contributed by atoms with Crippen LogP contribution in [0.2, 0.25) is 0 Å². The van der Waals surface area contributed by atoms with Gasteiger partial charge in [0.1, 0.15) is 4.21 Å². The molecule has 176 valence electrons. The van der Waals surface area contributed by atoms with Crippen molar-refractivity contribution in [3.8, 4) is 0 Å². The van der Waals surface area contributed by atoms with Crippen LogP contribution >= 0.6 is 11.3 Å². The number of hydrogen-bond acceptors (Lipinski definition) is 6. The van der Waals surface area contributed by atoms with E-state index in [2.05, 4.69) is 5.32 Å². The minimum absolute atomic E-state index is 0.173. The first kappa shape index (κ1) is 23.5. The first-order chi connectivity index (χ1) is 15.0. The lowest BCUT2D eigenvalue weighted by molar-refractivity contribution is -0.258. The minimum Gasteiger partial charge on any atom is -0.376 e. The van der Waals surface area contributed by atoms with E-state index in [0.29, 0.717) is 29.0 Å². The maximum absolute atomic E-state index is 13.2. The molecule has 2 unspecified atom stereocenters. The Balaban J connectivity index is 1.55. The van der Waals surface area contributed by atoms with Crippen LogP contribution in [-0.2, 0) is 15.6 Å². The SMILES string of the molecule is CC(O)(c1ccc(N2CCN(S(=O)(=O)c3cccs3)CC2CNC2CC2)cc1)C(F)(F)F. The number of sulfonamides is 1. The molecule has 32 heavy (non-hydrogen) atoms. The fourth-order valence-corrected chi connectivity index (χ4v) is 6.44. The number of anilines is 1. The first-order valence-electron chi connectivity index (χ1n) is 10.4. The Kier molecular flexibility index (Phi) is 6.32. The van der Waals surface area contributed by atoms with E-state index in [9.17, 15) is 26.7 Å². The van der Waals surface area contributed by atoms with E-state index in [1.807, 2.05) is 4.90 Å². The summed E-state index contributed by atoms with van der Waals surface area (Å²) in [6.45, 7) is 2.28. The molecule has 1 saturated carbocycles. The number of rotatable bonds is 7. The summed E-state index contributed by atoms with van der Waals surface area (Å²) >= 11 is 1.18. The second-order valence-electron chi connectivity index (χ2n) is 8.44. The van der Waals surface area contributed by atoms with Gasteiger partial charge in [-0.25, -0.2) is 8.42 Å². The number of nitrogens with one attached hydrogen (secondary N) is 1. The largest absolute Gasteiger partial charge is 0.421 e. The van der Waals surface area contributed by atoms with Gasteiger partial charge in [-0.15, -0.1) is 11.3 Å². The fraction of sp³-hybridized carbons (Fsp3) is 0.524. The van der Waals surface area contributed by atoms with Crippen LogP contribution in [0.15, 0.2) is 46.0 Å².